The van der Waals surface area contributed by atoms with Crippen LogP contribution in [0.3, 0.4) is 0 Å². The summed E-state index contributed by atoms with van der Waals surface area (Å²) in [4.78, 5) is 11.4. The van der Waals surface area contributed by atoms with Gasteiger partial charge in [-0.25, -0.2) is 0 Å². The Bertz CT molecular complexity index is 219. The van der Waals surface area contributed by atoms with E-state index in [1.807, 2.05) is 0 Å². The lowest BCUT2D eigenvalue weighted by Crippen LogP contribution is -2.07. The normalized spacial score (nSPS) is 10.8. The molecule has 0 aliphatic carbocycles. The van der Waals surface area contributed by atoms with Crippen LogP contribution in [0.5, 0.6) is 0 Å². The van der Waals surface area contributed by atoms with Crippen molar-refractivity contribution in [1.29, 1.82) is 0 Å². The zero-order valence-corrected chi connectivity index (χ0v) is 15.4. The smallest absolute Gasteiger partial charge is 0.314 e. The maximum Gasteiger partial charge on any atom is 0.314 e. The van der Waals surface area contributed by atoms with E-state index < -0.39 is 0 Å². The minimum Gasteiger partial charge on any atom is -0.516 e. The molecule has 0 fully saturated rings. The van der Waals surface area contributed by atoms with Crippen LogP contribution < -0.4 is 0 Å². The minimum atomic E-state index is 0.00821. The largest absolute Gasteiger partial charge is 0.516 e. The first-order valence-electron chi connectivity index (χ1n) is 9.23. The molecule has 0 atom stereocenters. The maximum absolute atomic E-state index is 11.4. The molecule has 0 bridgehead atoms. The number of hydrogen-bond donors (Lipinski definition) is 0. The Labute approximate surface area is 135 Å². The lowest BCUT2D eigenvalue weighted by molar-refractivity contribution is -0.134. The number of hydrogen-bond acceptors (Lipinski definition) is 2. The summed E-state index contributed by atoms with van der Waals surface area (Å²) in [5.74, 6) is 0.00821. The molecule has 0 N–H and O–H groups in total. The van der Waals surface area contributed by atoms with Crippen LogP contribution >= 0.6 is 0 Å². The van der Waals surface area contributed by atoms with Gasteiger partial charge in [-0.2, -0.15) is 0 Å². The standard InChI is InChI=1S/C18H36O2Si/c1-3-5-6-7-8-9-10-11-12-13-14-15-16-18(19)20-21-17-4-2/h3-17H2,1-2H3. The van der Waals surface area contributed by atoms with Gasteiger partial charge in [0.25, 0.3) is 5.97 Å². The predicted octanol–water partition coefficient (Wildman–Crippen LogP) is 6.07. The summed E-state index contributed by atoms with van der Waals surface area (Å²) < 4.78 is 5.17. The molecule has 0 saturated carbocycles. The zero-order valence-electron chi connectivity index (χ0n) is 14.4. The maximum atomic E-state index is 11.4. The summed E-state index contributed by atoms with van der Waals surface area (Å²) in [7, 11) is 0.374. The van der Waals surface area contributed by atoms with Gasteiger partial charge in [0, 0.05) is 6.42 Å². The van der Waals surface area contributed by atoms with Crippen LogP contribution in [0.25, 0.3) is 0 Å². The molecule has 0 spiro atoms. The number of carbonyl (C=O) groups excluding carboxylic acids is 1. The Hall–Kier alpha value is -0.313. The van der Waals surface area contributed by atoms with E-state index >= 15 is 0 Å². The summed E-state index contributed by atoms with van der Waals surface area (Å²) in [6.07, 6.45) is 17.7. The molecule has 0 aromatic carbocycles. The van der Waals surface area contributed by atoms with Gasteiger partial charge in [0.15, 0.2) is 0 Å². The fraction of sp³-hybridized carbons (Fsp3) is 0.944. The Morgan fingerprint density at radius 1 is 0.714 bits per heavy atom. The molecule has 0 aliphatic rings. The topological polar surface area (TPSA) is 26.3 Å². The van der Waals surface area contributed by atoms with Gasteiger partial charge < -0.3 is 4.43 Å². The highest BCUT2D eigenvalue weighted by molar-refractivity contribution is 6.30. The van der Waals surface area contributed by atoms with E-state index in [4.69, 9.17) is 4.43 Å². The van der Waals surface area contributed by atoms with Crippen molar-refractivity contribution in [2.45, 2.75) is 110 Å². The first kappa shape index (κ1) is 20.7. The van der Waals surface area contributed by atoms with Crippen molar-refractivity contribution in [3.05, 3.63) is 0 Å². The SMILES string of the molecule is CCCCCCCCCCCCCCC(=O)O[Si]CCC. The lowest BCUT2D eigenvalue weighted by atomic mass is 10.0. The Morgan fingerprint density at radius 3 is 1.67 bits per heavy atom. The third-order valence-corrected chi connectivity index (χ3v) is 4.85. The van der Waals surface area contributed by atoms with E-state index in [0.29, 0.717) is 16.2 Å². The van der Waals surface area contributed by atoms with Crippen LogP contribution in [0, 0.1) is 0 Å². The number of carbonyl (C=O) groups is 1. The van der Waals surface area contributed by atoms with Crippen molar-refractivity contribution in [2.24, 2.45) is 0 Å². The highest BCUT2D eigenvalue weighted by Gasteiger charge is 2.02. The van der Waals surface area contributed by atoms with Crippen molar-refractivity contribution in [2.75, 3.05) is 0 Å². The van der Waals surface area contributed by atoms with Crippen LogP contribution in [-0.4, -0.2) is 15.7 Å². The summed E-state index contributed by atoms with van der Waals surface area (Å²) in [5, 5.41) is 0. The van der Waals surface area contributed by atoms with Gasteiger partial charge in [0.05, 0.1) is 0 Å². The molecule has 0 saturated heterocycles. The fourth-order valence-corrected chi connectivity index (χ4v) is 2.96. The summed E-state index contributed by atoms with van der Waals surface area (Å²) in [5.41, 5.74) is 0. The van der Waals surface area contributed by atoms with Crippen molar-refractivity contribution >= 4 is 15.7 Å². The molecule has 0 heterocycles. The lowest BCUT2D eigenvalue weighted by Gasteiger charge is -2.04. The second-order valence-electron chi connectivity index (χ2n) is 6.01. The van der Waals surface area contributed by atoms with Crippen molar-refractivity contribution in [3.63, 3.8) is 0 Å². The van der Waals surface area contributed by atoms with Crippen LogP contribution in [0.2, 0.25) is 6.04 Å². The number of unbranched alkanes of at least 4 members (excludes halogenated alkanes) is 11. The van der Waals surface area contributed by atoms with Crippen LogP contribution in [0.1, 0.15) is 104 Å². The molecule has 124 valence electrons. The van der Waals surface area contributed by atoms with E-state index in [0.717, 1.165) is 18.9 Å². The summed E-state index contributed by atoms with van der Waals surface area (Å²) >= 11 is 0. The van der Waals surface area contributed by atoms with Gasteiger partial charge in [-0.3, -0.25) is 4.79 Å². The van der Waals surface area contributed by atoms with Crippen molar-refractivity contribution in [3.8, 4) is 0 Å². The molecule has 0 amide bonds. The average Bonchev–Trinajstić information content (AvgIpc) is 2.48. The van der Waals surface area contributed by atoms with Crippen LogP contribution in [0.15, 0.2) is 0 Å². The quantitative estimate of drug-likeness (QED) is 0.255. The predicted molar refractivity (Wildman–Crippen MR) is 92.6 cm³/mol. The molecule has 2 nitrogen and oxygen atoms in total. The summed E-state index contributed by atoms with van der Waals surface area (Å²) in [6, 6.07) is 1.02. The Balaban J connectivity index is 3.06. The molecular weight excluding hydrogens is 276 g/mol. The van der Waals surface area contributed by atoms with Crippen molar-refractivity contribution < 1.29 is 9.22 Å². The van der Waals surface area contributed by atoms with Gasteiger partial charge in [-0.15, -0.1) is 0 Å². The average molecular weight is 313 g/mol. The monoisotopic (exact) mass is 312 g/mol. The van der Waals surface area contributed by atoms with Gasteiger partial charge in [-0.1, -0.05) is 90.9 Å². The van der Waals surface area contributed by atoms with E-state index in [-0.39, 0.29) is 5.97 Å². The molecule has 0 unspecified atom stereocenters. The second-order valence-corrected chi connectivity index (χ2v) is 7.00. The zero-order chi connectivity index (χ0) is 15.6. The molecule has 0 rings (SSSR count). The highest BCUT2D eigenvalue weighted by atomic mass is 28.2. The molecule has 0 aliphatic heterocycles. The van der Waals surface area contributed by atoms with Gasteiger partial charge in [0.1, 0.15) is 0 Å². The Kier molecular flexibility index (Phi) is 17.5. The highest BCUT2D eigenvalue weighted by Crippen LogP contribution is 2.12. The van der Waals surface area contributed by atoms with E-state index in [2.05, 4.69) is 13.8 Å². The molecule has 0 aromatic rings. The summed E-state index contributed by atoms with van der Waals surface area (Å²) in [6.45, 7) is 4.39. The number of rotatable bonds is 16. The van der Waals surface area contributed by atoms with Crippen LogP contribution in [0.4, 0.5) is 0 Å². The first-order chi connectivity index (χ1) is 10.3. The third-order valence-electron chi connectivity index (χ3n) is 3.77. The van der Waals surface area contributed by atoms with Gasteiger partial charge in [-0.05, 0) is 12.5 Å². The van der Waals surface area contributed by atoms with E-state index in [1.54, 1.807) is 0 Å². The second kappa shape index (κ2) is 17.7. The van der Waals surface area contributed by atoms with E-state index in [1.165, 1.54) is 70.6 Å². The minimum absolute atomic E-state index is 0.00821. The molecule has 3 heteroatoms. The fourth-order valence-electron chi connectivity index (χ4n) is 2.39. The van der Waals surface area contributed by atoms with Gasteiger partial charge >= 0.3 is 9.76 Å². The molecule has 21 heavy (non-hydrogen) atoms. The Morgan fingerprint density at radius 2 is 1.19 bits per heavy atom. The third kappa shape index (κ3) is 17.6. The molecule has 0 aromatic heterocycles. The van der Waals surface area contributed by atoms with E-state index in [9.17, 15) is 4.79 Å². The molecular formula is C18H36O2Si. The first-order valence-corrected chi connectivity index (χ1v) is 10.3. The van der Waals surface area contributed by atoms with Crippen LogP contribution in [-0.2, 0) is 9.22 Å². The molecule has 2 radical (unpaired) electrons. The van der Waals surface area contributed by atoms with Crippen molar-refractivity contribution in [1.82, 2.24) is 0 Å². The van der Waals surface area contributed by atoms with Gasteiger partial charge in [0.2, 0.25) is 0 Å².